The number of hydrogen-bond acceptors (Lipinski definition) is 3. The molecule has 4 heteroatoms. The van der Waals surface area contributed by atoms with E-state index in [4.69, 9.17) is 5.11 Å². The third kappa shape index (κ3) is 16.7. The van der Waals surface area contributed by atoms with Crippen LogP contribution in [0.5, 0.6) is 0 Å². The van der Waals surface area contributed by atoms with Gasteiger partial charge in [-0.2, -0.15) is 0 Å². The van der Waals surface area contributed by atoms with Gasteiger partial charge in [-0.15, -0.1) is 0 Å². The van der Waals surface area contributed by atoms with Crippen LogP contribution < -0.4 is 0 Å². The van der Waals surface area contributed by atoms with Crippen molar-refractivity contribution in [2.45, 2.75) is 70.5 Å². The molecule has 0 heterocycles. The smallest absolute Gasteiger partial charge is 0.328 e. The number of carboxylic acid groups (broad SMARTS) is 1. The molecule has 0 bridgehead atoms. The summed E-state index contributed by atoms with van der Waals surface area (Å²) in [4.78, 5) is 10.2. The summed E-state index contributed by atoms with van der Waals surface area (Å²) in [7, 11) is 0. The lowest BCUT2D eigenvalue weighted by molar-refractivity contribution is -0.170. The maximum Gasteiger partial charge on any atom is 0.328 e. The average Bonchev–Trinajstić information content (AvgIpc) is 2.52. The zero-order valence-corrected chi connectivity index (χ0v) is 14.7. The van der Waals surface area contributed by atoms with Gasteiger partial charge in [0.2, 0.25) is 0 Å². The number of unbranched alkanes of at least 4 members (excludes halogenated alkanes) is 5. The largest absolute Gasteiger partial charge is 0.478 e. The number of allylic oxidation sites excluding steroid dienone is 7. The summed E-state index contributed by atoms with van der Waals surface area (Å²) < 4.78 is 0. The second kappa shape index (κ2) is 14.9. The average molecular weight is 336 g/mol. The summed E-state index contributed by atoms with van der Waals surface area (Å²) in [6, 6.07) is 0. The first kappa shape index (κ1) is 22.4. The van der Waals surface area contributed by atoms with Crippen LogP contribution in [0.4, 0.5) is 0 Å². The predicted molar refractivity (Wildman–Crippen MR) is 98.6 cm³/mol. The Morgan fingerprint density at radius 1 is 0.833 bits per heavy atom. The van der Waals surface area contributed by atoms with Crippen molar-refractivity contribution in [2.75, 3.05) is 0 Å². The van der Waals surface area contributed by atoms with Crippen molar-refractivity contribution in [2.24, 2.45) is 0 Å². The minimum absolute atomic E-state index is 0.337. The summed E-state index contributed by atoms with van der Waals surface area (Å²) in [5, 5.41) is 28.2. The zero-order valence-electron chi connectivity index (χ0n) is 14.7. The summed E-state index contributed by atoms with van der Waals surface area (Å²) in [6.07, 6.45) is 21.4. The van der Waals surface area contributed by atoms with E-state index in [0.29, 0.717) is 19.3 Å². The van der Waals surface area contributed by atoms with Gasteiger partial charge in [0.05, 0.1) is 0 Å². The molecule has 0 saturated carbocycles. The van der Waals surface area contributed by atoms with Gasteiger partial charge in [-0.05, 0) is 12.8 Å². The van der Waals surface area contributed by atoms with E-state index in [2.05, 4.69) is 6.92 Å². The lowest BCUT2D eigenvalue weighted by Gasteiger charge is -2.20. The van der Waals surface area contributed by atoms with Crippen LogP contribution >= 0.6 is 0 Å². The molecule has 0 radical (unpaired) electrons. The molecule has 4 nitrogen and oxygen atoms in total. The summed E-state index contributed by atoms with van der Waals surface area (Å²) >= 11 is 0. The van der Waals surface area contributed by atoms with Crippen LogP contribution in [0.25, 0.3) is 0 Å². The second-order valence-electron chi connectivity index (χ2n) is 5.93. The molecule has 136 valence electrons. The van der Waals surface area contributed by atoms with Gasteiger partial charge in [0.15, 0.2) is 5.79 Å². The highest BCUT2D eigenvalue weighted by atomic mass is 16.5. The van der Waals surface area contributed by atoms with Gasteiger partial charge in [-0.25, -0.2) is 4.79 Å². The Hall–Kier alpha value is -1.65. The Kier molecular flexibility index (Phi) is 13.9. The van der Waals surface area contributed by atoms with Crippen molar-refractivity contribution in [3.05, 3.63) is 48.6 Å². The Morgan fingerprint density at radius 2 is 1.42 bits per heavy atom. The SMILES string of the molecule is CCCCCCCCC(O)(O)CC/C=C/C=C/C=C/C=C/C(=O)O. The first-order valence-corrected chi connectivity index (χ1v) is 8.82. The third-order valence-electron chi connectivity index (χ3n) is 3.57. The monoisotopic (exact) mass is 336 g/mol. The van der Waals surface area contributed by atoms with Crippen molar-refractivity contribution in [3.8, 4) is 0 Å². The molecular weight excluding hydrogens is 304 g/mol. The molecular formula is C20H32O4. The molecule has 0 aromatic heterocycles. The van der Waals surface area contributed by atoms with Crippen LogP contribution in [0.3, 0.4) is 0 Å². The molecule has 0 spiro atoms. The topological polar surface area (TPSA) is 77.8 Å². The van der Waals surface area contributed by atoms with Crippen molar-refractivity contribution < 1.29 is 20.1 Å². The molecule has 0 aromatic carbocycles. The molecule has 0 atom stereocenters. The van der Waals surface area contributed by atoms with Crippen LogP contribution in [0.2, 0.25) is 0 Å². The Labute approximate surface area is 145 Å². The van der Waals surface area contributed by atoms with Gasteiger partial charge in [0.25, 0.3) is 0 Å². The highest BCUT2D eigenvalue weighted by molar-refractivity contribution is 5.80. The molecule has 3 N–H and O–H groups in total. The van der Waals surface area contributed by atoms with Gasteiger partial charge in [-0.3, -0.25) is 0 Å². The second-order valence-corrected chi connectivity index (χ2v) is 5.93. The minimum Gasteiger partial charge on any atom is -0.478 e. The number of carbonyl (C=O) groups is 1. The fourth-order valence-electron chi connectivity index (χ4n) is 2.20. The van der Waals surface area contributed by atoms with E-state index in [9.17, 15) is 15.0 Å². The van der Waals surface area contributed by atoms with Crippen LogP contribution in [0, 0.1) is 0 Å². The fourth-order valence-corrected chi connectivity index (χ4v) is 2.20. The fraction of sp³-hybridized carbons (Fsp3) is 0.550. The van der Waals surface area contributed by atoms with Gasteiger partial charge < -0.3 is 15.3 Å². The number of hydrogen-bond donors (Lipinski definition) is 3. The molecule has 0 aliphatic heterocycles. The lowest BCUT2D eigenvalue weighted by atomic mass is 10.0. The van der Waals surface area contributed by atoms with Crippen LogP contribution in [0.1, 0.15) is 64.7 Å². The maximum absolute atomic E-state index is 10.2. The van der Waals surface area contributed by atoms with Crippen LogP contribution in [-0.4, -0.2) is 27.1 Å². The van der Waals surface area contributed by atoms with E-state index in [0.717, 1.165) is 18.9 Å². The highest BCUT2D eigenvalue weighted by Gasteiger charge is 2.20. The quantitative estimate of drug-likeness (QED) is 0.189. The Bertz CT molecular complexity index is 431. The third-order valence-corrected chi connectivity index (χ3v) is 3.57. The van der Waals surface area contributed by atoms with Crippen molar-refractivity contribution in [1.82, 2.24) is 0 Å². The van der Waals surface area contributed by atoms with E-state index < -0.39 is 11.8 Å². The van der Waals surface area contributed by atoms with Crippen LogP contribution in [-0.2, 0) is 4.79 Å². The predicted octanol–water partition coefficient (Wildman–Crippen LogP) is 4.51. The summed E-state index contributed by atoms with van der Waals surface area (Å²) in [5.41, 5.74) is 0. The minimum atomic E-state index is -1.57. The molecule has 0 fully saturated rings. The highest BCUT2D eigenvalue weighted by Crippen LogP contribution is 2.19. The number of aliphatic hydroxyl groups is 2. The van der Waals surface area contributed by atoms with Crippen molar-refractivity contribution >= 4 is 5.97 Å². The first-order valence-electron chi connectivity index (χ1n) is 8.82. The maximum atomic E-state index is 10.2. The standard InChI is InChI=1S/C20H32O4/c1-2-3-4-5-11-14-17-20(23,24)18-15-12-9-7-6-8-10-13-16-19(21)22/h6-10,12-13,16,23-24H,2-5,11,14-15,17-18H2,1H3,(H,21,22)/b7-6+,10-8+,12-9+,16-13+. The number of rotatable bonds is 14. The van der Waals surface area contributed by atoms with E-state index >= 15 is 0 Å². The van der Waals surface area contributed by atoms with Crippen LogP contribution in [0.15, 0.2) is 48.6 Å². The molecule has 0 aliphatic carbocycles. The van der Waals surface area contributed by atoms with Gasteiger partial charge in [0, 0.05) is 18.9 Å². The first-order chi connectivity index (χ1) is 11.5. The van der Waals surface area contributed by atoms with E-state index in [1.165, 1.54) is 31.8 Å². The number of aliphatic carboxylic acids is 1. The molecule has 0 unspecified atom stereocenters. The molecule has 0 aromatic rings. The molecule has 0 saturated heterocycles. The molecule has 24 heavy (non-hydrogen) atoms. The van der Waals surface area contributed by atoms with Gasteiger partial charge in [0.1, 0.15) is 0 Å². The molecule has 0 amide bonds. The van der Waals surface area contributed by atoms with Gasteiger partial charge >= 0.3 is 5.97 Å². The summed E-state index contributed by atoms with van der Waals surface area (Å²) in [5.74, 6) is -2.54. The van der Waals surface area contributed by atoms with E-state index in [1.54, 1.807) is 18.2 Å². The lowest BCUT2D eigenvalue weighted by Crippen LogP contribution is -2.27. The van der Waals surface area contributed by atoms with E-state index in [-0.39, 0.29) is 0 Å². The number of carboxylic acids is 1. The molecule has 0 aliphatic rings. The summed E-state index contributed by atoms with van der Waals surface area (Å²) in [6.45, 7) is 2.18. The molecule has 0 rings (SSSR count). The Balaban J connectivity index is 3.77. The zero-order chi connectivity index (χ0) is 18.1. The van der Waals surface area contributed by atoms with E-state index in [1.807, 2.05) is 18.2 Å². The normalized spacial score (nSPS) is 13.1. The van der Waals surface area contributed by atoms with Gasteiger partial charge in [-0.1, -0.05) is 81.6 Å². The van der Waals surface area contributed by atoms with Crippen molar-refractivity contribution in [3.63, 3.8) is 0 Å². The Morgan fingerprint density at radius 3 is 2.08 bits per heavy atom. The van der Waals surface area contributed by atoms with Crippen molar-refractivity contribution in [1.29, 1.82) is 0 Å².